The quantitative estimate of drug-likeness (QED) is 0.432. The van der Waals surface area contributed by atoms with Crippen LogP contribution < -0.4 is 4.73 Å². The molecule has 0 spiro atoms. The van der Waals surface area contributed by atoms with E-state index < -0.39 is 0 Å². The van der Waals surface area contributed by atoms with Gasteiger partial charge in [0.1, 0.15) is 18.9 Å². The summed E-state index contributed by atoms with van der Waals surface area (Å²) in [5.41, 5.74) is 0. The third kappa shape index (κ3) is 1.73. The van der Waals surface area contributed by atoms with Crippen molar-refractivity contribution in [2.45, 2.75) is 6.54 Å². The van der Waals surface area contributed by atoms with E-state index in [1.54, 1.807) is 17.9 Å². The summed E-state index contributed by atoms with van der Waals surface area (Å²) in [4.78, 5) is 0. The maximum Gasteiger partial charge on any atom is 0.246 e. The second-order valence-electron chi connectivity index (χ2n) is 2.00. The normalized spacial score (nSPS) is 10.1. The molecule has 56 valence electrons. The smallest absolute Gasteiger partial charge is 0.246 e. The minimum Gasteiger partial charge on any atom is -0.711 e. The molecule has 0 amide bonds. The number of rotatable bonds is 3. The first-order valence-corrected chi connectivity index (χ1v) is 3.06. The Hall–Kier alpha value is -1.03. The Morgan fingerprint density at radius 1 is 1.70 bits per heavy atom. The number of nitrogens with zero attached hydrogens (tertiary/aromatic N) is 2. The molecular weight excluding hydrogens is 132 g/mol. The molecular formula is C6H10N2O2. The van der Waals surface area contributed by atoms with E-state index in [2.05, 4.69) is 0 Å². The van der Waals surface area contributed by atoms with E-state index in [0.717, 1.165) is 11.3 Å². The second-order valence-corrected chi connectivity index (χ2v) is 2.00. The average molecular weight is 142 g/mol. The Morgan fingerprint density at radius 3 is 3.00 bits per heavy atom. The fraction of sp³-hybridized carbons (Fsp3) is 0.500. The zero-order chi connectivity index (χ0) is 7.40. The summed E-state index contributed by atoms with van der Waals surface area (Å²) in [7, 11) is 1.63. The lowest BCUT2D eigenvalue weighted by Crippen LogP contribution is -2.21. The molecule has 0 aliphatic rings. The van der Waals surface area contributed by atoms with Gasteiger partial charge in [-0.1, -0.05) is 0 Å². The molecule has 0 aliphatic heterocycles. The van der Waals surface area contributed by atoms with E-state index >= 15 is 0 Å². The van der Waals surface area contributed by atoms with Crippen LogP contribution in [0.4, 0.5) is 0 Å². The molecule has 0 aliphatic carbocycles. The number of imidazole rings is 1. The summed E-state index contributed by atoms with van der Waals surface area (Å²) < 4.78 is 7.36. The first-order valence-electron chi connectivity index (χ1n) is 3.06. The van der Waals surface area contributed by atoms with Crippen LogP contribution in [0, 0.1) is 5.21 Å². The largest absolute Gasteiger partial charge is 0.711 e. The van der Waals surface area contributed by atoms with Gasteiger partial charge < -0.3 is 9.94 Å². The zero-order valence-corrected chi connectivity index (χ0v) is 5.86. The maximum absolute atomic E-state index is 10.5. The minimum atomic E-state index is 0.634. The molecule has 1 aromatic heterocycles. The summed E-state index contributed by atoms with van der Waals surface area (Å²) in [6.07, 6.45) is 4.64. The number of hydrogen-bond donors (Lipinski definition) is 0. The number of aromatic nitrogens is 2. The van der Waals surface area contributed by atoms with Crippen LogP contribution in [-0.4, -0.2) is 18.3 Å². The first kappa shape index (κ1) is 7.08. The van der Waals surface area contributed by atoms with Crippen LogP contribution in [0.25, 0.3) is 0 Å². The van der Waals surface area contributed by atoms with E-state index in [-0.39, 0.29) is 0 Å². The Bertz CT molecular complexity index is 197. The molecule has 4 nitrogen and oxygen atoms in total. The van der Waals surface area contributed by atoms with Gasteiger partial charge in [-0.05, 0) is 0 Å². The van der Waals surface area contributed by atoms with Crippen molar-refractivity contribution in [3.63, 3.8) is 0 Å². The highest BCUT2D eigenvalue weighted by Crippen LogP contribution is 1.82. The molecule has 1 heterocycles. The Kier molecular flexibility index (Phi) is 2.28. The highest BCUT2D eigenvalue weighted by atomic mass is 16.5. The highest BCUT2D eigenvalue weighted by Gasteiger charge is 1.95. The number of hydrogen-bond acceptors (Lipinski definition) is 2. The van der Waals surface area contributed by atoms with Gasteiger partial charge in [-0.2, -0.15) is 0 Å². The SMILES string of the molecule is COCCn1cc[n+]([O-])c1. The Balaban J connectivity index is 2.42. The Labute approximate surface area is 59.2 Å². The monoisotopic (exact) mass is 142 g/mol. The van der Waals surface area contributed by atoms with Gasteiger partial charge in [0, 0.05) is 7.11 Å². The fourth-order valence-corrected chi connectivity index (χ4v) is 0.703. The summed E-state index contributed by atoms with van der Waals surface area (Å²) in [5, 5.41) is 10.5. The minimum absolute atomic E-state index is 0.634. The van der Waals surface area contributed by atoms with Gasteiger partial charge in [0.25, 0.3) is 0 Å². The van der Waals surface area contributed by atoms with E-state index in [9.17, 15) is 5.21 Å². The lowest BCUT2D eigenvalue weighted by atomic mass is 10.7. The van der Waals surface area contributed by atoms with Gasteiger partial charge in [0.2, 0.25) is 6.33 Å². The molecule has 0 atom stereocenters. The van der Waals surface area contributed by atoms with E-state index in [1.807, 2.05) is 0 Å². The third-order valence-corrected chi connectivity index (χ3v) is 1.22. The summed E-state index contributed by atoms with van der Waals surface area (Å²) in [6.45, 7) is 1.36. The number of ether oxygens (including phenoxy) is 1. The zero-order valence-electron chi connectivity index (χ0n) is 5.86. The lowest BCUT2D eigenvalue weighted by molar-refractivity contribution is -0.604. The number of methoxy groups -OCH3 is 1. The molecule has 1 aromatic rings. The van der Waals surface area contributed by atoms with E-state index in [4.69, 9.17) is 4.74 Å². The highest BCUT2D eigenvalue weighted by molar-refractivity contribution is 4.65. The predicted octanol–water partition coefficient (Wildman–Crippen LogP) is -0.232. The molecule has 10 heavy (non-hydrogen) atoms. The van der Waals surface area contributed by atoms with Crippen LogP contribution in [-0.2, 0) is 11.3 Å². The second kappa shape index (κ2) is 3.22. The van der Waals surface area contributed by atoms with Crippen LogP contribution in [0.1, 0.15) is 0 Å². The molecule has 1 rings (SSSR count). The summed E-state index contributed by atoms with van der Waals surface area (Å²) in [6, 6.07) is 0. The molecule has 0 saturated heterocycles. The van der Waals surface area contributed by atoms with Gasteiger partial charge in [-0.25, -0.2) is 9.30 Å². The average Bonchev–Trinajstić information content (AvgIpc) is 2.31. The van der Waals surface area contributed by atoms with Crippen LogP contribution in [0.5, 0.6) is 0 Å². The van der Waals surface area contributed by atoms with Crippen molar-refractivity contribution in [1.29, 1.82) is 0 Å². The lowest BCUT2D eigenvalue weighted by Gasteiger charge is -1.94. The van der Waals surface area contributed by atoms with Crippen molar-refractivity contribution in [3.05, 3.63) is 23.9 Å². The standard InChI is InChI=1S/C6H10N2O2/c1-10-5-4-7-2-3-8(9)6-7/h2-3,6H,4-5H2,1H3. The van der Waals surface area contributed by atoms with Crippen LogP contribution in [0.2, 0.25) is 0 Å². The molecule has 0 radical (unpaired) electrons. The van der Waals surface area contributed by atoms with Crippen LogP contribution in [0.15, 0.2) is 18.7 Å². The van der Waals surface area contributed by atoms with Crippen LogP contribution in [0.3, 0.4) is 0 Å². The van der Waals surface area contributed by atoms with Crippen molar-refractivity contribution < 1.29 is 9.47 Å². The van der Waals surface area contributed by atoms with Gasteiger partial charge in [0.05, 0.1) is 6.61 Å². The topological polar surface area (TPSA) is 41.1 Å². The first-order chi connectivity index (χ1) is 4.83. The fourth-order valence-electron chi connectivity index (χ4n) is 0.703. The summed E-state index contributed by atoms with van der Waals surface area (Å²) >= 11 is 0. The molecule has 4 heteroatoms. The molecule has 0 N–H and O–H groups in total. The Morgan fingerprint density at radius 2 is 2.50 bits per heavy atom. The summed E-state index contributed by atoms with van der Waals surface area (Å²) in [5.74, 6) is 0. The van der Waals surface area contributed by atoms with Crippen molar-refractivity contribution >= 4 is 0 Å². The van der Waals surface area contributed by atoms with Crippen molar-refractivity contribution in [2.24, 2.45) is 0 Å². The molecule has 0 fully saturated rings. The third-order valence-electron chi connectivity index (χ3n) is 1.22. The van der Waals surface area contributed by atoms with Gasteiger partial charge in [0.15, 0.2) is 0 Å². The van der Waals surface area contributed by atoms with Gasteiger partial charge in [-0.3, -0.25) is 0 Å². The van der Waals surface area contributed by atoms with Crippen molar-refractivity contribution in [2.75, 3.05) is 13.7 Å². The van der Waals surface area contributed by atoms with Gasteiger partial charge >= 0.3 is 0 Å². The van der Waals surface area contributed by atoms with Crippen molar-refractivity contribution in [1.82, 2.24) is 4.57 Å². The van der Waals surface area contributed by atoms with E-state index in [0.29, 0.717) is 6.61 Å². The molecule has 0 bridgehead atoms. The maximum atomic E-state index is 10.5. The predicted molar refractivity (Wildman–Crippen MR) is 35.3 cm³/mol. The van der Waals surface area contributed by atoms with Crippen LogP contribution >= 0.6 is 0 Å². The van der Waals surface area contributed by atoms with E-state index in [1.165, 1.54) is 12.5 Å². The molecule has 0 aromatic carbocycles. The molecule has 0 saturated carbocycles. The van der Waals surface area contributed by atoms with Gasteiger partial charge in [-0.15, -0.1) is 0 Å². The molecule has 0 unspecified atom stereocenters. The van der Waals surface area contributed by atoms with Crippen molar-refractivity contribution in [3.8, 4) is 0 Å².